The van der Waals surface area contributed by atoms with Crippen LogP contribution in [-0.2, 0) is 23.9 Å². The van der Waals surface area contributed by atoms with Crippen molar-refractivity contribution in [1.29, 1.82) is 0 Å². The Hall–Kier alpha value is -3.88. The minimum Gasteiger partial charge on any atom is -0.449 e. The fourth-order valence-corrected chi connectivity index (χ4v) is 4.03. The summed E-state index contributed by atoms with van der Waals surface area (Å²) >= 11 is 0. The molecule has 2 aromatic rings. The molecule has 9 heteroatoms. The van der Waals surface area contributed by atoms with Gasteiger partial charge in [-0.25, -0.2) is 4.79 Å². The highest BCUT2D eigenvalue weighted by atomic mass is 16.5. The molecule has 35 heavy (non-hydrogen) atoms. The summed E-state index contributed by atoms with van der Waals surface area (Å²) in [7, 11) is 0. The molecule has 3 rings (SSSR count). The number of fused-ring (bicyclic) bond motifs is 3. The molecule has 0 aliphatic heterocycles. The molecule has 0 aromatic heterocycles. The minimum atomic E-state index is -0.908. The number of rotatable bonds is 9. The Balaban J connectivity index is 1.57. The van der Waals surface area contributed by atoms with Gasteiger partial charge in [-0.15, -0.1) is 0 Å². The summed E-state index contributed by atoms with van der Waals surface area (Å²) in [5.41, 5.74) is 4.43. The summed E-state index contributed by atoms with van der Waals surface area (Å²) < 4.78 is 10.2. The van der Waals surface area contributed by atoms with Crippen LogP contribution in [0, 0.1) is 5.92 Å². The van der Waals surface area contributed by atoms with E-state index in [4.69, 9.17) is 4.74 Å². The molecule has 3 N–H and O–H groups in total. The third-order valence-corrected chi connectivity index (χ3v) is 5.84. The Morgan fingerprint density at radius 3 is 1.94 bits per heavy atom. The van der Waals surface area contributed by atoms with Gasteiger partial charge in [0.2, 0.25) is 11.8 Å². The van der Waals surface area contributed by atoms with E-state index in [1.807, 2.05) is 36.4 Å². The van der Waals surface area contributed by atoms with Gasteiger partial charge >= 0.3 is 12.1 Å². The molecular weight excluding hydrogens is 450 g/mol. The van der Waals surface area contributed by atoms with Crippen molar-refractivity contribution in [3.05, 3.63) is 59.7 Å². The van der Waals surface area contributed by atoms with Crippen molar-refractivity contribution in [2.75, 3.05) is 13.3 Å². The first-order chi connectivity index (χ1) is 16.7. The predicted octanol–water partition coefficient (Wildman–Crippen LogP) is 2.69. The first kappa shape index (κ1) is 25.7. The molecule has 0 radical (unpaired) electrons. The molecule has 186 valence electrons. The van der Waals surface area contributed by atoms with Crippen molar-refractivity contribution in [2.45, 2.75) is 45.7 Å². The molecule has 1 aliphatic rings. The van der Waals surface area contributed by atoms with Crippen LogP contribution in [0.5, 0.6) is 0 Å². The van der Waals surface area contributed by atoms with Crippen LogP contribution in [0.25, 0.3) is 11.1 Å². The third kappa shape index (κ3) is 6.38. The van der Waals surface area contributed by atoms with E-state index < -0.39 is 36.0 Å². The molecule has 0 spiro atoms. The monoisotopic (exact) mass is 481 g/mol. The smallest absolute Gasteiger partial charge is 0.407 e. The van der Waals surface area contributed by atoms with Crippen molar-refractivity contribution in [3.8, 4) is 11.1 Å². The molecular formula is C26H31N3O6. The van der Waals surface area contributed by atoms with Crippen LogP contribution in [-0.4, -0.2) is 49.3 Å². The molecule has 0 heterocycles. The Morgan fingerprint density at radius 2 is 1.40 bits per heavy atom. The second-order valence-electron chi connectivity index (χ2n) is 8.74. The summed E-state index contributed by atoms with van der Waals surface area (Å²) in [5, 5.41) is 7.57. The van der Waals surface area contributed by atoms with Crippen LogP contribution >= 0.6 is 0 Å². The van der Waals surface area contributed by atoms with E-state index in [2.05, 4.69) is 32.8 Å². The average Bonchev–Trinajstić information content (AvgIpc) is 3.14. The lowest BCUT2D eigenvalue weighted by atomic mass is 9.98. The Morgan fingerprint density at radius 1 is 0.829 bits per heavy atom. The average molecular weight is 482 g/mol. The standard InChI is InChI=1S/C26H31N3O6/c1-15(2)23(25(32)28-16(3)24(31)27-14-35-17(4)30)29-26(33)34-13-22-20-11-7-5-9-18(20)19-10-6-8-12-21(19)22/h5-12,15-16,22-23H,13-14H2,1-4H3,(H,27,31)(H,28,32)(H,29,33)/t16-,23-/m0/s1. The van der Waals surface area contributed by atoms with Crippen molar-refractivity contribution in [2.24, 2.45) is 5.92 Å². The Labute approximate surface area is 204 Å². The van der Waals surface area contributed by atoms with Gasteiger partial charge in [-0.05, 0) is 35.1 Å². The molecule has 9 nitrogen and oxygen atoms in total. The van der Waals surface area contributed by atoms with Crippen LogP contribution in [0.15, 0.2) is 48.5 Å². The first-order valence-electron chi connectivity index (χ1n) is 11.5. The van der Waals surface area contributed by atoms with E-state index in [9.17, 15) is 19.2 Å². The fraction of sp³-hybridized carbons (Fsp3) is 0.385. The summed E-state index contributed by atoms with van der Waals surface area (Å²) in [6.07, 6.45) is -0.715. The zero-order valence-electron chi connectivity index (χ0n) is 20.3. The molecule has 0 saturated carbocycles. The minimum absolute atomic E-state index is 0.0968. The molecule has 0 unspecified atom stereocenters. The quantitative estimate of drug-likeness (QED) is 0.374. The number of amides is 3. The lowest BCUT2D eigenvalue weighted by Gasteiger charge is -2.24. The number of carbonyl (C=O) groups excluding carboxylic acids is 4. The van der Waals surface area contributed by atoms with Crippen molar-refractivity contribution in [1.82, 2.24) is 16.0 Å². The van der Waals surface area contributed by atoms with Crippen molar-refractivity contribution >= 4 is 23.9 Å². The van der Waals surface area contributed by atoms with E-state index >= 15 is 0 Å². The lowest BCUT2D eigenvalue weighted by Crippen LogP contribution is -2.54. The zero-order chi connectivity index (χ0) is 25.5. The first-order valence-corrected chi connectivity index (χ1v) is 11.5. The topological polar surface area (TPSA) is 123 Å². The van der Waals surface area contributed by atoms with Crippen molar-refractivity contribution < 1.29 is 28.7 Å². The largest absolute Gasteiger partial charge is 0.449 e. The molecule has 3 amide bonds. The second-order valence-corrected chi connectivity index (χ2v) is 8.74. The van der Waals surface area contributed by atoms with Gasteiger partial charge in [0.05, 0.1) is 0 Å². The van der Waals surface area contributed by atoms with Crippen LogP contribution in [0.4, 0.5) is 4.79 Å². The summed E-state index contributed by atoms with van der Waals surface area (Å²) in [6, 6.07) is 14.2. The third-order valence-electron chi connectivity index (χ3n) is 5.84. The molecule has 0 fully saturated rings. The number of hydrogen-bond donors (Lipinski definition) is 3. The summed E-state index contributed by atoms with van der Waals surface area (Å²) in [6.45, 7) is 6.10. The van der Waals surface area contributed by atoms with E-state index in [0.717, 1.165) is 22.3 Å². The normalized spacial score (nSPS) is 13.7. The maximum Gasteiger partial charge on any atom is 0.407 e. The molecule has 0 saturated heterocycles. The van der Waals surface area contributed by atoms with Gasteiger partial charge in [-0.3, -0.25) is 14.4 Å². The summed E-state index contributed by atoms with van der Waals surface area (Å²) in [5.74, 6) is -1.94. The molecule has 0 bridgehead atoms. The second kappa shape index (κ2) is 11.5. The number of alkyl carbamates (subject to hydrolysis) is 1. The number of nitrogens with one attached hydrogen (secondary N) is 3. The molecule has 2 atom stereocenters. The number of carbonyl (C=O) groups is 4. The van der Waals surface area contributed by atoms with Gasteiger partial charge in [-0.2, -0.15) is 0 Å². The van der Waals surface area contributed by atoms with Gasteiger partial charge in [0.15, 0.2) is 6.73 Å². The highest BCUT2D eigenvalue weighted by Crippen LogP contribution is 2.44. The number of esters is 1. The van der Waals surface area contributed by atoms with E-state index in [1.165, 1.54) is 13.8 Å². The van der Waals surface area contributed by atoms with Crippen LogP contribution in [0.3, 0.4) is 0 Å². The summed E-state index contributed by atoms with van der Waals surface area (Å²) in [4.78, 5) is 48.3. The Kier molecular flexibility index (Phi) is 8.46. The van der Waals surface area contributed by atoms with E-state index in [0.29, 0.717) is 0 Å². The van der Waals surface area contributed by atoms with Crippen molar-refractivity contribution in [3.63, 3.8) is 0 Å². The van der Waals surface area contributed by atoms with E-state index in [-0.39, 0.29) is 25.2 Å². The van der Waals surface area contributed by atoms with Gasteiger partial charge in [0.1, 0.15) is 18.7 Å². The molecule has 1 aliphatic carbocycles. The number of benzene rings is 2. The highest BCUT2D eigenvalue weighted by molar-refractivity contribution is 5.91. The van der Waals surface area contributed by atoms with Gasteiger partial charge < -0.3 is 25.4 Å². The highest BCUT2D eigenvalue weighted by Gasteiger charge is 2.31. The number of hydrogen-bond acceptors (Lipinski definition) is 6. The maximum atomic E-state index is 12.8. The lowest BCUT2D eigenvalue weighted by molar-refractivity contribution is -0.143. The zero-order valence-corrected chi connectivity index (χ0v) is 20.3. The van der Waals surface area contributed by atoms with Crippen LogP contribution in [0.1, 0.15) is 44.7 Å². The fourth-order valence-electron chi connectivity index (χ4n) is 4.03. The predicted molar refractivity (Wildman–Crippen MR) is 129 cm³/mol. The van der Waals surface area contributed by atoms with Gasteiger partial charge in [0, 0.05) is 12.8 Å². The van der Waals surface area contributed by atoms with Gasteiger partial charge in [0.25, 0.3) is 0 Å². The Bertz CT molecular complexity index is 1050. The maximum absolute atomic E-state index is 12.8. The SMILES string of the molecule is CC(=O)OCNC(=O)[C@H](C)NC(=O)[C@@H](NC(=O)OCC1c2ccccc2-c2ccccc21)C(C)C. The molecule has 2 aromatic carbocycles. The van der Waals surface area contributed by atoms with E-state index in [1.54, 1.807) is 13.8 Å². The van der Waals surface area contributed by atoms with Crippen LogP contribution in [0.2, 0.25) is 0 Å². The van der Waals surface area contributed by atoms with Crippen LogP contribution < -0.4 is 16.0 Å². The number of ether oxygens (including phenoxy) is 2. The van der Waals surface area contributed by atoms with Gasteiger partial charge in [-0.1, -0.05) is 62.4 Å².